The fraction of sp³-hybridized carbons (Fsp3) is 0.917. The first-order valence-electron chi connectivity index (χ1n) is 5.87. The molecular weight excluding hydrogens is 204 g/mol. The highest BCUT2D eigenvalue weighted by Gasteiger charge is 2.38. The van der Waals surface area contributed by atoms with Gasteiger partial charge >= 0.3 is 0 Å². The van der Waals surface area contributed by atoms with Crippen molar-refractivity contribution in [3.05, 3.63) is 0 Å². The van der Waals surface area contributed by atoms with Gasteiger partial charge in [0.1, 0.15) is 5.54 Å². The van der Waals surface area contributed by atoms with Crippen LogP contribution in [0.1, 0.15) is 39.5 Å². The van der Waals surface area contributed by atoms with Crippen molar-refractivity contribution in [2.75, 3.05) is 12.8 Å². The lowest BCUT2D eigenvalue weighted by Gasteiger charge is -2.20. The summed E-state index contributed by atoms with van der Waals surface area (Å²) in [4.78, 5) is 0. The highest BCUT2D eigenvalue weighted by Crippen LogP contribution is 2.37. The Balaban J connectivity index is 2.34. The SMILES string of the molecule is CCC(C)CSC1CCC(C#N)(NC)C1. The Morgan fingerprint density at radius 3 is 2.87 bits per heavy atom. The van der Waals surface area contributed by atoms with Crippen LogP contribution in [0.3, 0.4) is 0 Å². The molecule has 0 heterocycles. The average Bonchev–Trinajstić information content (AvgIpc) is 2.70. The van der Waals surface area contributed by atoms with Crippen LogP contribution < -0.4 is 5.32 Å². The molecule has 1 aliphatic carbocycles. The van der Waals surface area contributed by atoms with E-state index in [0.717, 1.165) is 18.8 Å². The van der Waals surface area contributed by atoms with Crippen molar-refractivity contribution in [3.8, 4) is 6.07 Å². The molecule has 15 heavy (non-hydrogen) atoms. The van der Waals surface area contributed by atoms with E-state index in [1.54, 1.807) is 0 Å². The van der Waals surface area contributed by atoms with Gasteiger partial charge in [0.25, 0.3) is 0 Å². The van der Waals surface area contributed by atoms with Crippen LogP contribution in [0, 0.1) is 17.2 Å². The highest BCUT2D eigenvalue weighted by molar-refractivity contribution is 7.99. The zero-order valence-electron chi connectivity index (χ0n) is 10.0. The van der Waals surface area contributed by atoms with Crippen LogP contribution in [0.15, 0.2) is 0 Å². The molecule has 3 unspecified atom stereocenters. The van der Waals surface area contributed by atoms with Crippen molar-refractivity contribution in [1.29, 1.82) is 5.26 Å². The number of nitriles is 1. The predicted octanol–water partition coefficient (Wildman–Crippen LogP) is 2.80. The molecule has 1 rings (SSSR count). The number of hydrogen-bond acceptors (Lipinski definition) is 3. The molecule has 0 aromatic carbocycles. The van der Waals surface area contributed by atoms with Gasteiger partial charge in [-0.15, -0.1) is 0 Å². The summed E-state index contributed by atoms with van der Waals surface area (Å²) in [6.45, 7) is 4.55. The van der Waals surface area contributed by atoms with Crippen molar-refractivity contribution in [3.63, 3.8) is 0 Å². The van der Waals surface area contributed by atoms with Gasteiger partial charge in [-0.25, -0.2) is 0 Å². The van der Waals surface area contributed by atoms with Crippen molar-refractivity contribution in [1.82, 2.24) is 5.32 Å². The minimum absolute atomic E-state index is 0.229. The van der Waals surface area contributed by atoms with Gasteiger partial charge in [-0.2, -0.15) is 17.0 Å². The second-order valence-corrected chi connectivity index (χ2v) is 5.99. The van der Waals surface area contributed by atoms with Crippen LogP contribution >= 0.6 is 11.8 Å². The fourth-order valence-corrected chi connectivity index (χ4v) is 3.47. The van der Waals surface area contributed by atoms with Gasteiger partial charge in [-0.1, -0.05) is 20.3 Å². The van der Waals surface area contributed by atoms with Crippen LogP contribution in [-0.2, 0) is 0 Å². The van der Waals surface area contributed by atoms with Gasteiger partial charge in [-0.3, -0.25) is 0 Å². The highest BCUT2D eigenvalue weighted by atomic mass is 32.2. The van der Waals surface area contributed by atoms with E-state index < -0.39 is 0 Å². The van der Waals surface area contributed by atoms with E-state index in [1.165, 1.54) is 18.6 Å². The van der Waals surface area contributed by atoms with Crippen molar-refractivity contribution >= 4 is 11.8 Å². The van der Waals surface area contributed by atoms with E-state index in [-0.39, 0.29) is 5.54 Å². The lowest BCUT2D eigenvalue weighted by molar-refractivity contribution is 0.464. The molecule has 1 N–H and O–H groups in total. The summed E-state index contributed by atoms with van der Waals surface area (Å²) in [7, 11) is 1.91. The molecule has 0 bridgehead atoms. The van der Waals surface area contributed by atoms with Crippen molar-refractivity contribution in [2.24, 2.45) is 5.92 Å². The number of thioether (sulfide) groups is 1. The van der Waals surface area contributed by atoms with E-state index in [9.17, 15) is 0 Å². The maximum atomic E-state index is 9.14. The van der Waals surface area contributed by atoms with Crippen molar-refractivity contribution < 1.29 is 0 Å². The first-order valence-corrected chi connectivity index (χ1v) is 6.92. The lowest BCUT2D eigenvalue weighted by atomic mass is 10.0. The molecule has 3 atom stereocenters. The monoisotopic (exact) mass is 226 g/mol. The molecule has 1 aliphatic rings. The van der Waals surface area contributed by atoms with Gasteiger partial charge in [0.15, 0.2) is 0 Å². The Kier molecular flexibility index (Phi) is 4.95. The summed E-state index contributed by atoms with van der Waals surface area (Å²) in [5, 5.41) is 13.0. The van der Waals surface area contributed by atoms with Gasteiger partial charge in [0.05, 0.1) is 6.07 Å². The van der Waals surface area contributed by atoms with Crippen LogP contribution in [-0.4, -0.2) is 23.6 Å². The van der Waals surface area contributed by atoms with Crippen LogP contribution in [0.5, 0.6) is 0 Å². The largest absolute Gasteiger partial charge is 0.302 e. The molecule has 1 fully saturated rings. The van der Waals surface area contributed by atoms with Crippen LogP contribution in [0.2, 0.25) is 0 Å². The standard InChI is InChI=1S/C12H22N2S/c1-4-10(2)8-15-11-5-6-12(7-11,9-13)14-3/h10-11,14H,4-8H2,1-3H3. The summed E-state index contributed by atoms with van der Waals surface area (Å²) in [5.74, 6) is 2.05. The van der Waals surface area contributed by atoms with Crippen LogP contribution in [0.25, 0.3) is 0 Å². The summed E-state index contributed by atoms with van der Waals surface area (Å²) in [6, 6.07) is 2.43. The third kappa shape index (κ3) is 3.39. The zero-order chi connectivity index (χ0) is 11.3. The Morgan fingerprint density at radius 1 is 1.67 bits per heavy atom. The summed E-state index contributed by atoms with van der Waals surface area (Å²) in [6.07, 6.45) is 4.48. The fourth-order valence-electron chi connectivity index (χ4n) is 1.95. The molecule has 0 aliphatic heterocycles. The number of hydrogen-bond donors (Lipinski definition) is 1. The summed E-state index contributed by atoms with van der Waals surface area (Å²) in [5.41, 5.74) is -0.229. The molecule has 86 valence electrons. The molecule has 0 aromatic heterocycles. The average molecular weight is 226 g/mol. The third-order valence-corrected chi connectivity index (χ3v) is 5.11. The molecule has 0 radical (unpaired) electrons. The molecule has 0 saturated heterocycles. The van der Waals surface area contributed by atoms with Gasteiger partial charge in [-0.05, 0) is 38.0 Å². The molecule has 2 nitrogen and oxygen atoms in total. The van der Waals surface area contributed by atoms with E-state index in [1.807, 2.05) is 7.05 Å². The van der Waals surface area contributed by atoms with E-state index >= 15 is 0 Å². The minimum atomic E-state index is -0.229. The smallest absolute Gasteiger partial charge is 0.107 e. The lowest BCUT2D eigenvalue weighted by Crippen LogP contribution is -2.38. The topological polar surface area (TPSA) is 35.8 Å². The second-order valence-electron chi connectivity index (χ2n) is 4.66. The summed E-state index contributed by atoms with van der Waals surface area (Å²) < 4.78 is 0. The molecule has 1 saturated carbocycles. The third-order valence-electron chi connectivity index (χ3n) is 3.48. The first kappa shape index (κ1) is 12.9. The van der Waals surface area contributed by atoms with Crippen molar-refractivity contribution in [2.45, 2.75) is 50.3 Å². The quantitative estimate of drug-likeness (QED) is 0.783. The molecule has 3 heteroatoms. The predicted molar refractivity (Wildman–Crippen MR) is 67.0 cm³/mol. The van der Waals surface area contributed by atoms with Crippen LogP contribution in [0.4, 0.5) is 0 Å². The van der Waals surface area contributed by atoms with E-state index in [4.69, 9.17) is 5.26 Å². The van der Waals surface area contributed by atoms with Gasteiger partial charge in [0, 0.05) is 5.25 Å². The summed E-state index contributed by atoms with van der Waals surface area (Å²) >= 11 is 2.06. The number of rotatable bonds is 5. The normalized spacial score (nSPS) is 32.5. The Hall–Kier alpha value is -0.200. The van der Waals surface area contributed by atoms with E-state index in [0.29, 0.717) is 5.25 Å². The molecule has 0 aromatic rings. The molecule has 0 amide bonds. The van der Waals surface area contributed by atoms with Gasteiger partial charge in [0.2, 0.25) is 0 Å². The maximum Gasteiger partial charge on any atom is 0.107 e. The minimum Gasteiger partial charge on any atom is -0.302 e. The van der Waals surface area contributed by atoms with E-state index in [2.05, 4.69) is 37.0 Å². The molecular formula is C12H22N2S. The molecule has 0 spiro atoms. The van der Waals surface area contributed by atoms with Gasteiger partial charge < -0.3 is 5.32 Å². The Bertz CT molecular complexity index is 236. The number of nitrogens with zero attached hydrogens (tertiary/aromatic N) is 1. The Morgan fingerprint density at radius 2 is 2.40 bits per heavy atom. The zero-order valence-corrected chi connectivity index (χ0v) is 10.9. The number of nitrogens with one attached hydrogen (secondary N) is 1. The first-order chi connectivity index (χ1) is 7.15. The second kappa shape index (κ2) is 5.77. The maximum absolute atomic E-state index is 9.14. The Labute approximate surface area is 97.8 Å².